The summed E-state index contributed by atoms with van der Waals surface area (Å²) in [6.45, 7) is 0. The first-order valence-corrected chi connectivity index (χ1v) is 10.2. The molecular weight excluding hydrogens is 300 g/mol. The van der Waals surface area contributed by atoms with Crippen molar-refractivity contribution >= 4 is 0 Å². The smallest absolute Gasteiger partial charge is 0.0118 e. The van der Waals surface area contributed by atoms with Crippen LogP contribution in [0.1, 0.15) is 74.8 Å². The molecule has 2 aromatic rings. The fourth-order valence-electron chi connectivity index (χ4n) is 4.29. The van der Waals surface area contributed by atoms with E-state index >= 15 is 0 Å². The van der Waals surface area contributed by atoms with Crippen molar-refractivity contribution in [1.82, 2.24) is 0 Å². The van der Waals surface area contributed by atoms with Crippen LogP contribution in [0.5, 0.6) is 0 Å². The highest BCUT2D eigenvalue weighted by atomic mass is 14.3. The van der Waals surface area contributed by atoms with Gasteiger partial charge >= 0.3 is 0 Å². The molecule has 0 N–H and O–H groups in total. The third kappa shape index (κ3) is 5.59. The molecule has 25 heavy (non-hydrogen) atoms. The molecule has 0 radical (unpaired) electrons. The second kappa shape index (κ2) is 10.2. The highest BCUT2D eigenvalue weighted by Crippen LogP contribution is 2.38. The van der Waals surface area contributed by atoms with E-state index in [9.17, 15) is 0 Å². The molecule has 0 fully saturated rings. The summed E-state index contributed by atoms with van der Waals surface area (Å²) >= 11 is 0. The van der Waals surface area contributed by atoms with Crippen molar-refractivity contribution in [2.24, 2.45) is 5.92 Å². The normalized spacial score (nSPS) is 20.0. The number of rotatable bonds is 3. The third-order valence-corrected chi connectivity index (χ3v) is 5.60. The minimum Gasteiger partial charge on any atom is -0.0885 e. The molecule has 1 unspecified atom stereocenters. The van der Waals surface area contributed by atoms with Gasteiger partial charge in [-0.05, 0) is 55.6 Å². The van der Waals surface area contributed by atoms with Crippen molar-refractivity contribution < 1.29 is 0 Å². The van der Waals surface area contributed by atoms with Crippen molar-refractivity contribution in [2.45, 2.75) is 63.7 Å². The van der Waals surface area contributed by atoms with E-state index in [1.54, 1.807) is 0 Å². The van der Waals surface area contributed by atoms with Gasteiger partial charge in [-0.2, -0.15) is 0 Å². The fraction of sp³-hybridized carbons (Fsp3) is 0.440. The lowest BCUT2D eigenvalue weighted by molar-refractivity contribution is 0.375. The maximum Gasteiger partial charge on any atom is 0.0118 e. The maximum absolute atomic E-state index is 2.42. The van der Waals surface area contributed by atoms with Gasteiger partial charge in [0.25, 0.3) is 0 Å². The molecule has 0 heteroatoms. The Hall–Kier alpha value is -1.82. The van der Waals surface area contributed by atoms with E-state index in [1.807, 2.05) is 0 Å². The maximum atomic E-state index is 2.42. The van der Waals surface area contributed by atoms with Crippen LogP contribution in [0.25, 0.3) is 0 Å². The Morgan fingerprint density at radius 2 is 1.08 bits per heavy atom. The summed E-state index contributed by atoms with van der Waals surface area (Å²) in [6.07, 6.45) is 16.9. The van der Waals surface area contributed by atoms with E-state index in [-0.39, 0.29) is 0 Å². The van der Waals surface area contributed by atoms with Crippen molar-refractivity contribution in [2.75, 3.05) is 0 Å². The van der Waals surface area contributed by atoms with E-state index in [4.69, 9.17) is 0 Å². The Kier molecular flexibility index (Phi) is 7.36. The zero-order valence-electron chi connectivity index (χ0n) is 15.4. The monoisotopic (exact) mass is 332 g/mol. The van der Waals surface area contributed by atoms with E-state index in [0.717, 1.165) is 5.92 Å². The van der Waals surface area contributed by atoms with Crippen molar-refractivity contribution in [1.29, 1.82) is 0 Å². The lowest BCUT2D eigenvalue weighted by Crippen LogP contribution is -2.15. The van der Waals surface area contributed by atoms with Crippen LogP contribution < -0.4 is 0 Å². The number of allylic oxidation sites excluding steroid dienone is 2. The molecular formula is C25H32. The van der Waals surface area contributed by atoms with Crippen LogP contribution in [-0.4, -0.2) is 0 Å². The van der Waals surface area contributed by atoms with Crippen LogP contribution in [-0.2, 0) is 0 Å². The van der Waals surface area contributed by atoms with Gasteiger partial charge in [-0.15, -0.1) is 0 Å². The zero-order chi connectivity index (χ0) is 17.2. The van der Waals surface area contributed by atoms with Gasteiger partial charge < -0.3 is 0 Å². The van der Waals surface area contributed by atoms with Crippen LogP contribution in [0.15, 0.2) is 72.8 Å². The van der Waals surface area contributed by atoms with Crippen molar-refractivity contribution in [3.63, 3.8) is 0 Å². The molecule has 0 nitrogen and oxygen atoms in total. The quantitative estimate of drug-likeness (QED) is 0.510. The lowest BCUT2D eigenvalue weighted by Gasteiger charge is -2.29. The SMILES string of the molecule is C1=CCCCC(C(c2ccccc2)c2ccccc2)CCCCCC1. The van der Waals surface area contributed by atoms with Gasteiger partial charge in [0.1, 0.15) is 0 Å². The third-order valence-electron chi connectivity index (χ3n) is 5.60. The highest BCUT2D eigenvalue weighted by Gasteiger charge is 2.24. The Labute approximate surface area is 154 Å². The summed E-state index contributed by atoms with van der Waals surface area (Å²) in [5.74, 6) is 1.28. The van der Waals surface area contributed by atoms with E-state index in [1.165, 1.54) is 68.9 Å². The first kappa shape index (κ1) is 18.0. The Balaban J connectivity index is 1.84. The molecule has 0 saturated carbocycles. The molecule has 0 aromatic heterocycles. The number of benzene rings is 2. The van der Waals surface area contributed by atoms with Crippen LogP contribution in [0.4, 0.5) is 0 Å². The van der Waals surface area contributed by atoms with Gasteiger partial charge in [0.15, 0.2) is 0 Å². The fourth-order valence-corrected chi connectivity index (χ4v) is 4.29. The van der Waals surface area contributed by atoms with Gasteiger partial charge in [0.2, 0.25) is 0 Å². The van der Waals surface area contributed by atoms with Crippen LogP contribution in [0.2, 0.25) is 0 Å². The highest BCUT2D eigenvalue weighted by molar-refractivity contribution is 5.33. The van der Waals surface area contributed by atoms with Crippen LogP contribution >= 0.6 is 0 Å². The molecule has 3 rings (SSSR count). The largest absolute Gasteiger partial charge is 0.0885 e. The lowest BCUT2D eigenvalue weighted by atomic mass is 9.76. The molecule has 1 aliphatic carbocycles. The van der Waals surface area contributed by atoms with Gasteiger partial charge in [-0.25, -0.2) is 0 Å². The molecule has 1 aliphatic rings. The van der Waals surface area contributed by atoms with Crippen molar-refractivity contribution in [3.8, 4) is 0 Å². The Morgan fingerprint density at radius 3 is 1.72 bits per heavy atom. The summed E-state index contributed by atoms with van der Waals surface area (Å²) in [5, 5.41) is 0. The van der Waals surface area contributed by atoms with Crippen LogP contribution in [0, 0.1) is 5.92 Å². The Bertz CT molecular complexity index is 572. The second-order valence-electron chi connectivity index (χ2n) is 7.45. The molecule has 0 aliphatic heterocycles. The predicted octanol–water partition coefficient (Wildman–Crippen LogP) is 7.52. The number of hydrogen-bond donors (Lipinski definition) is 0. The van der Waals surface area contributed by atoms with Gasteiger partial charge in [0, 0.05) is 5.92 Å². The average Bonchev–Trinajstić information content (AvgIpc) is 2.66. The van der Waals surface area contributed by atoms with Crippen molar-refractivity contribution in [3.05, 3.63) is 83.9 Å². The minimum atomic E-state index is 0.536. The molecule has 0 saturated heterocycles. The van der Waals surface area contributed by atoms with E-state index < -0.39 is 0 Å². The summed E-state index contributed by atoms with van der Waals surface area (Å²) in [4.78, 5) is 0. The second-order valence-corrected chi connectivity index (χ2v) is 7.45. The zero-order valence-corrected chi connectivity index (χ0v) is 15.4. The van der Waals surface area contributed by atoms with Gasteiger partial charge in [-0.3, -0.25) is 0 Å². The summed E-state index contributed by atoms with van der Waals surface area (Å²) in [6, 6.07) is 22.4. The molecule has 0 spiro atoms. The summed E-state index contributed by atoms with van der Waals surface area (Å²) in [7, 11) is 0. The number of hydrogen-bond acceptors (Lipinski definition) is 0. The molecule has 0 heterocycles. The summed E-state index contributed by atoms with van der Waals surface area (Å²) in [5.41, 5.74) is 2.97. The Morgan fingerprint density at radius 1 is 0.560 bits per heavy atom. The first-order valence-electron chi connectivity index (χ1n) is 10.2. The first-order chi connectivity index (χ1) is 12.4. The topological polar surface area (TPSA) is 0 Å². The minimum absolute atomic E-state index is 0.536. The standard InChI is InChI=1S/C25H32/c1-2-4-6-10-16-22(17-11-7-5-3-1)25(23-18-12-8-13-19-23)24-20-14-9-15-21-24/h2,4,8-9,12-15,18-22,25H,1,3,5-7,10-11,16-17H2. The van der Waals surface area contributed by atoms with Crippen LogP contribution in [0.3, 0.4) is 0 Å². The van der Waals surface area contributed by atoms with Gasteiger partial charge in [-0.1, -0.05) is 92.1 Å². The molecule has 2 aromatic carbocycles. The molecule has 132 valence electrons. The van der Waals surface area contributed by atoms with Gasteiger partial charge in [0.05, 0.1) is 0 Å². The molecule has 0 amide bonds. The van der Waals surface area contributed by atoms with E-state index in [2.05, 4.69) is 72.8 Å². The van der Waals surface area contributed by atoms with E-state index in [0.29, 0.717) is 5.92 Å². The predicted molar refractivity (Wildman–Crippen MR) is 109 cm³/mol. The average molecular weight is 333 g/mol. The summed E-state index contributed by atoms with van der Waals surface area (Å²) < 4.78 is 0. The molecule has 1 atom stereocenters. The molecule has 0 bridgehead atoms.